The van der Waals surface area contributed by atoms with Crippen molar-refractivity contribution in [1.29, 1.82) is 0 Å². The second-order valence-electron chi connectivity index (χ2n) is 7.44. The fraction of sp³-hybridized carbons (Fsp3) is 0.765. The molecule has 24 heavy (non-hydrogen) atoms. The van der Waals surface area contributed by atoms with E-state index in [9.17, 15) is 14.7 Å². The van der Waals surface area contributed by atoms with Crippen LogP contribution in [0.5, 0.6) is 0 Å². The van der Waals surface area contributed by atoms with E-state index in [4.69, 9.17) is 4.52 Å². The van der Waals surface area contributed by atoms with E-state index in [1.54, 1.807) is 4.90 Å². The average Bonchev–Trinajstić information content (AvgIpc) is 3.00. The van der Waals surface area contributed by atoms with Gasteiger partial charge in [-0.1, -0.05) is 25.4 Å². The number of hydrogen-bond donors (Lipinski definition) is 1. The minimum atomic E-state index is -0.838. The summed E-state index contributed by atoms with van der Waals surface area (Å²) >= 11 is 0. The lowest BCUT2D eigenvalue weighted by Crippen LogP contribution is -2.46. The molecule has 0 spiro atoms. The number of rotatable bonds is 5. The van der Waals surface area contributed by atoms with Crippen LogP contribution in [0.4, 0.5) is 0 Å². The molecule has 1 aliphatic carbocycles. The summed E-state index contributed by atoms with van der Waals surface area (Å²) < 4.78 is 5.27. The molecule has 0 radical (unpaired) electrons. The second kappa shape index (κ2) is 6.53. The van der Waals surface area contributed by atoms with Gasteiger partial charge in [0.25, 0.3) is 0 Å². The van der Waals surface area contributed by atoms with Crippen LogP contribution >= 0.6 is 0 Å². The first-order valence-electron chi connectivity index (χ1n) is 8.76. The van der Waals surface area contributed by atoms with Crippen LogP contribution in [0.25, 0.3) is 0 Å². The van der Waals surface area contributed by atoms with Crippen LogP contribution in [0.2, 0.25) is 0 Å². The van der Waals surface area contributed by atoms with Gasteiger partial charge in [0.2, 0.25) is 11.8 Å². The SMILES string of the molecule is CC(C)c1nc(C2CCCN(C(=O)CC3(C(=O)O)CCC3)C2)no1. The molecule has 1 saturated heterocycles. The van der Waals surface area contributed by atoms with Crippen LogP contribution in [-0.2, 0) is 9.59 Å². The summed E-state index contributed by atoms with van der Waals surface area (Å²) in [4.78, 5) is 30.3. The summed E-state index contributed by atoms with van der Waals surface area (Å²) in [6.07, 6.45) is 4.01. The number of hydrogen-bond acceptors (Lipinski definition) is 5. The lowest BCUT2D eigenvalue weighted by Gasteiger charge is -2.39. The lowest BCUT2D eigenvalue weighted by atomic mass is 9.66. The molecule has 2 fully saturated rings. The number of carboxylic acid groups (broad SMARTS) is 1. The molecule has 0 bridgehead atoms. The topological polar surface area (TPSA) is 96.5 Å². The summed E-state index contributed by atoms with van der Waals surface area (Å²) in [5.74, 6) is 0.632. The Morgan fingerprint density at radius 3 is 2.67 bits per heavy atom. The van der Waals surface area contributed by atoms with E-state index in [1.165, 1.54) is 0 Å². The van der Waals surface area contributed by atoms with Crippen LogP contribution in [0.1, 0.15) is 75.9 Å². The Bertz CT molecular complexity index is 621. The van der Waals surface area contributed by atoms with Crippen LogP contribution in [0, 0.1) is 5.41 Å². The molecule has 1 N–H and O–H groups in total. The molecule has 0 aromatic carbocycles. The Balaban J connectivity index is 1.64. The van der Waals surface area contributed by atoms with Crippen molar-refractivity contribution >= 4 is 11.9 Å². The van der Waals surface area contributed by atoms with Gasteiger partial charge in [0.05, 0.1) is 5.41 Å². The highest BCUT2D eigenvalue weighted by Gasteiger charge is 2.47. The molecular formula is C17H25N3O4. The van der Waals surface area contributed by atoms with Crippen LogP contribution < -0.4 is 0 Å². The highest BCUT2D eigenvalue weighted by atomic mass is 16.5. The first-order chi connectivity index (χ1) is 11.4. The zero-order valence-corrected chi connectivity index (χ0v) is 14.3. The van der Waals surface area contributed by atoms with Crippen molar-refractivity contribution in [2.24, 2.45) is 5.41 Å². The smallest absolute Gasteiger partial charge is 0.310 e. The molecule has 1 atom stereocenters. The molecular weight excluding hydrogens is 310 g/mol. The summed E-state index contributed by atoms with van der Waals surface area (Å²) in [7, 11) is 0. The maximum atomic E-state index is 12.6. The lowest BCUT2D eigenvalue weighted by molar-refractivity contribution is -0.159. The number of amides is 1. The minimum absolute atomic E-state index is 0.0608. The fourth-order valence-electron chi connectivity index (χ4n) is 3.53. The predicted octanol–water partition coefficient (Wildman–Crippen LogP) is 2.54. The molecule has 7 heteroatoms. The Kier molecular flexibility index (Phi) is 4.60. The first-order valence-corrected chi connectivity index (χ1v) is 8.76. The number of piperidine rings is 1. The summed E-state index contributed by atoms with van der Waals surface area (Å²) in [6, 6.07) is 0. The number of likely N-dealkylation sites (tertiary alicyclic amines) is 1. The number of carbonyl (C=O) groups is 2. The van der Waals surface area contributed by atoms with Gasteiger partial charge in [0.1, 0.15) is 0 Å². The molecule has 7 nitrogen and oxygen atoms in total. The number of aromatic nitrogens is 2. The molecule has 1 aromatic rings. The number of nitrogens with zero attached hydrogens (tertiary/aromatic N) is 3. The van der Waals surface area contributed by atoms with Gasteiger partial charge in [0.15, 0.2) is 5.82 Å². The van der Waals surface area contributed by atoms with Gasteiger partial charge in [-0.25, -0.2) is 0 Å². The third-order valence-electron chi connectivity index (χ3n) is 5.34. The maximum Gasteiger partial charge on any atom is 0.310 e. The zero-order chi connectivity index (χ0) is 17.3. The molecule has 1 saturated carbocycles. The van der Waals surface area contributed by atoms with E-state index < -0.39 is 11.4 Å². The monoisotopic (exact) mass is 335 g/mol. The van der Waals surface area contributed by atoms with Crippen molar-refractivity contribution < 1.29 is 19.2 Å². The van der Waals surface area contributed by atoms with E-state index in [-0.39, 0.29) is 24.2 Å². The zero-order valence-electron chi connectivity index (χ0n) is 14.3. The van der Waals surface area contributed by atoms with Crippen molar-refractivity contribution in [1.82, 2.24) is 15.0 Å². The second-order valence-corrected chi connectivity index (χ2v) is 7.44. The molecule has 2 aliphatic rings. The Morgan fingerprint density at radius 2 is 2.12 bits per heavy atom. The van der Waals surface area contributed by atoms with Crippen molar-refractivity contribution in [3.05, 3.63) is 11.7 Å². The Morgan fingerprint density at radius 1 is 1.38 bits per heavy atom. The van der Waals surface area contributed by atoms with Gasteiger partial charge in [-0.15, -0.1) is 0 Å². The average molecular weight is 335 g/mol. The van der Waals surface area contributed by atoms with Gasteiger partial charge < -0.3 is 14.5 Å². The van der Waals surface area contributed by atoms with Crippen molar-refractivity contribution in [2.75, 3.05) is 13.1 Å². The van der Waals surface area contributed by atoms with Crippen LogP contribution in [0.3, 0.4) is 0 Å². The molecule has 1 aliphatic heterocycles. The van der Waals surface area contributed by atoms with Gasteiger partial charge in [-0.05, 0) is 25.7 Å². The highest BCUT2D eigenvalue weighted by Crippen LogP contribution is 2.44. The molecule has 3 rings (SSSR count). The standard InChI is InChI=1S/C17H25N3O4/c1-11(2)15-18-14(19-24-15)12-5-3-8-20(10-12)13(21)9-17(16(22)23)6-4-7-17/h11-12H,3-10H2,1-2H3,(H,22,23). The molecule has 1 aromatic heterocycles. The van der Waals surface area contributed by atoms with E-state index in [0.29, 0.717) is 37.6 Å². The molecule has 2 heterocycles. The Hall–Kier alpha value is -1.92. The number of carboxylic acids is 1. The maximum absolute atomic E-state index is 12.6. The minimum Gasteiger partial charge on any atom is -0.481 e. The first kappa shape index (κ1) is 16.9. The fourth-order valence-corrected chi connectivity index (χ4v) is 3.53. The van der Waals surface area contributed by atoms with Crippen LogP contribution in [0.15, 0.2) is 4.52 Å². The predicted molar refractivity (Wildman–Crippen MR) is 85.5 cm³/mol. The van der Waals surface area contributed by atoms with Gasteiger partial charge >= 0.3 is 5.97 Å². The van der Waals surface area contributed by atoms with Crippen molar-refractivity contribution in [3.8, 4) is 0 Å². The third kappa shape index (κ3) is 3.16. The van der Waals surface area contributed by atoms with Crippen molar-refractivity contribution in [3.63, 3.8) is 0 Å². The molecule has 1 unspecified atom stereocenters. The summed E-state index contributed by atoms with van der Waals surface area (Å²) in [5.41, 5.74) is -0.832. The van der Waals surface area contributed by atoms with Gasteiger partial charge in [-0.3, -0.25) is 9.59 Å². The van der Waals surface area contributed by atoms with Gasteiger partial charge in [0, 0.05) is 31.3 Å². The van der Waals surface area contributed by atoms with Crippen LogP contribution in [-0.4, -0.2) is 45.1 Å². The summed E-state index contributed by atoms with van der Waals surface area (Å²) in [6.45, 7) is 5.22. The van der Waals surface area contributed by atoms with E-state index in [0.717, 1.165) is 19.3 Å². The third-order valence-corrected chi connectivity index (χ3v) is 5.34. The van der Waals surface area contributed by atoms with Gasteiger partial charge in [-0.2, -0.15) is 4.98 Å². The quantitative estimate of drug-likeness (QED) is 0.888. The highest BCUT2D eigenvalue weighted by molar-refractivity contribution is 5.85. The van der Waals surface area contributed by atoms with E-state index in [1.807, 2.05) is 13.8 Å². The molecule has 132 valence electrons. The van der Waals surface area contributed by atoms with E-state index >= 15 is 0 Å². The summed E-state index contributed by atoms with van der Waals surface area (Å²) in [5, 5.41) is 13.5. The Labute approximate surface area is 141 Å². The number of carbonyl (C=O) groups excluding carboxylic acids is 1. The van der Waals surface area contributed by atoms with E-state index in [2.05, 4.69) is 10.1 Å². The van der Waals surface area contributed by atoms with Crippen molar-refractivity contribution in [2.45, 2.75) is 64.2 Å². The molecule has 1 amide bonds. The number of aliphatic carboxylic acids is 1. The normalized spacial score (nSPS) is 23.1. The largest absolute Gasteiger partial charge is 0.481 e.